The zero-order valence-electron chi connectivity index (χ0n) is 24.9. The van der Waals surface area contributed by atoms with E-state index in [-0.39, 0.29) is 39.5 Å². The zero-order valence-corrected chi connectivity index (χ0v) is 28.0. The Morgan fingerprint density at radius 3 is 2.07 bits per heavy atom. The third kappa shape index (κ3) is 9.23. The summed E-state index contributed by atoms with van der Waals surface area (Å²) in [5.74, 6) is -0.954. The summed E-state index contributed by atoms with van der Waals surface area (Å²) in [6.07, 6.45) is 0.903. The molecule has 0 aromatic heterocycles. The quantitative estimate of drug-likeness (QED) is 0.160. The molecule has 4 aromatic carbocycles. The molecule has 2 amide bonds. The summed E-state index contributed by atoms with van der Waals surface area (Å²) in [7, 11) is -4.28. The Balaban J connectivity index is 1.82. The van der Waals surface area contributed by atoms with Gasteiger partial charge in [0.25, 0.3) is 10.0 Å². The van der Waals surface area contributed by atoms with Crippen molar-refractivity contribution >= 4 is 62.3 Å². The molecular formula is C34H34Cl3N3O4S. The van der Waals surface area contributed by atoms with E-state index in [1.807, 2.05) is 44.2 Å². The van der Waals surface area contributed by atoms with E-state index in [0.29, 0.717) is 23.6 Å². The van der Waals surface area contributed by atoms with Crippen LogP contribution in [-0.4, -0.2) is 44.3 Å². The van der Waals surface area contributed by atoms with E-state index < -0.39 is 28.5 Å². The fourth-order valence-corrected chi connectivity index (χ4v) is 6.93. The fraction of sp³-hybridized carbons (Fsp3) is 0.235. The molecule has 7 nitrogen and oxygen atoms in total. The van der Waals surface area contributed by atoms with Crippen molar-refractivity contribution in [3.8, 4) is 0 Å². The molecule has 0 unspecified atom stereocenters. The third-order valence-corrected chi connectivity index (χ3v) is 9.55. The van der Waals surface area contributed by atoms with Gasteiger partial charge >= 0.3 is 0 Å². The summed E-state index contributed by atoms with van der Waals surface area (Å²) in [5.41, 5.74) is 2.50. The normalized spacial score (nSPS) is 11.9. The third-order valence-electron chi connectivity index (χ3n) is 7.09. The smallest absolute Gasteiger partial charge is 0.264 e. The largest absolute Gasteiger partial charge is 0.354 e. The van der Waals surface area contributed by atoms with Crippen LogP contribution in [0.2, 0.25) is 15.1 Å². The zero-order chi connectivity index (χ0) is 32.6. The second-order valence-electron chi connectivity index (χ2n) is 10.6. The van der Waals surface area contributed by atoms with Crippen molar-refractivity contribution in [2.24, 2.45) is 0 Å². The van der Waals surface area contributed by atoms with E-state index in [0.717, 1.165) is 15.4 Å². The van der Waals surface area contributed by atoms with Crippen molar-refractivity contribution in [2.75, 3.05) is 17.4 Å². The van der Waals surface area contributed by atoms with Crippen molar-refractivity contribution in [3.05, 3.63) is 129 Å². The molecule has 1 atom stereocenters. The van der Waals surface area contributed by atoms with Gasteiger partial charge in [0, 0.05) is 34.6 Å². The van der Waals surface area contributed by atoms with Gasteiger partial charge in [0.2, 0.25) is 11.8 Å². The molecule has 0 aliphatic rings. The lowest BCUT2D eigenvalue weighted by Gasteiger charge is -2.34. The van der Waals surface area contributed by atoms with Gasteiger partial charge < -0.3 is 10.2 Å². The van der Waals surface area contributed by atoms with E-state index in [1.54, 1.807) is 36.4 Å². The second kappa shape index (κ2) is 15.6. The number of hydrogen-bond donors (Lipinski definition) is 1. The Kier molecular flexibility index (Phi) is 11.9. The van der Waals surface area contributed by atoms with Crippen LogP contribution in [0.4, 0.5) is 5.69 Å². The van der Waals surface area contributed by atoms with Crippen molar-refractivity contribution in [1.82, 2.24) is 10.2 Å². The molecule has 0 spiro atoms. The van der Waals surface area contributed by atoms with E-state index >= 15 is 0 Å². The van der Waals surface area contributed by atoms with E-state index in [9.17, 15) is 18.0 Å². The monoisotopic (exact) mass is 685 g/mol. The highest BCUT2D eigenvalue weighted by atomic mass is 35.5. The number of hydrogen-bond acceptors (Lipinski definition) is 4. The number of carbonyl (C=O) groups is 2. The average molecular weight is 687 g/mol. The van der Waals surface area contributed by atoms with Crippen LogP contribution < -0.4 is 9.62 Å². The van der Waals surface area contributed by atoms with Crippen LogP contribution in [-0.2, 0) is 32.6 Å². The minimum absolute atomic E-state index is 0.00512. The van der Waals surface area contributed by atoms with Crippen LogP contribution in [0.15, 0.2) is 102 Å². The number of anilines is 1. The molecule has 236 valence electrons. The second-order valence-corrected chi connectivity index (χ2v) is 13.8. The van der Waals surface area contributed by atoms with Crippen LogP contribution in [0.1, 0.15) is 30.0 Å². The molecule has 0 fully saturated rings. The molecule has 4 rings (SSSR count). The Bertz CT molecular complexity index is 1720. The Hall–Kier alpha value is -3.56. The number of carbonyl (C=O) groups excluding carboxylic acids is 2. The first-order valence-electron chi connectivity index (χ1n) is 14.4. The summed E-state index contributed by atoms with van der Waals surface area (Å²) < 4.78 is 29.3. The molecule has 45 heavy (non-hydrogen) atoms. The van der Waals surface area contributed by atoms with Crippen molar-refractivity contribution in [3.63, 3.8) is 0 Å². The predicted octanol–water partition coefficient (Wildman–Crippen LogP) is 7.32. The fourth-order valence-electron chi connectivity index (χ4n) is 4.80. The van der Waals surface area contributed by atoms with Gasteiger partial charge in [0.1, 0.15) is 12.6 Å². The number of nitrogens with zero attached hydrogens (tertiary/aromatic N) is 2. The minimum Gasteiger partial charge on any atom is -0.354 e. The van der Waals surface area contributed by atoms with Crippen LogP contribution in [0.25, 0.3) is 0 Å². The lowest BCUT2D eigenvalue weighted by molar-refractivity contribution is -0.140. The van der Waals surface area contributed by atoms with Crippen molar-refractivity contribution in [1.29, 1.82) is 0 Å². The molecule has 0 saturated carbocycles. The Morgan fingerprint density at radius 1 is 0.800 bits per heavy atom. The standard InChI is InChI=1S/C34H34Cl3N3O4S/c1-3-16-38-34(42)32(18-25-8-5-4-6-9-25)39(22-26-10-7-11-27(35)17-26)33(41)23-40(30-20-28(36)19-29(37)21-30)45(43,44)31-14-12-24(2)13-15-31/h4-15,17,19-21,32H,3,16,18,22-23H2,1-2H3,(H,38,42)/t32-/m1/s1. The van der Waals surface area contributed by atoms with E-state index in [4.69, 9.17) is 34.8 Å². The molecule has 0 saturated heterocycles. The van der Waals surface area contributed by atoms with Gasteiger partial charge in [-0.1, -0.05) is 102 Å². The van der Waals surface area contributed by atoms with Gasteiger partial charge in [-0.2, -0.15) is 0 Å². The first-order chi connectivity index (χ1) is 21.5. The molecule has 0 bridgehead atoms. The molecule has 0 aliphatic heterocycles. The number of nitrogens with one attached hydrogen (secondary N) is 1. The highest BCUT2D eigenvalue weighted by molar-refractivity contribution is 7.92. The lowest BCUT2D eigenvalue weighted by atomic mass is 10.0. The average Bonchev–Trinajstić information content (AvgIpc) is 3.00. The molecule has 0 radical (unpaired) electrons. The number of sulfonamides is 1. The van der Waals surface area contributed by atoms with Crippen LogP contribution in [0, 0.1) is 6.92 Å². The van der Waals surface area contributed by atoms with E-state index in [2.05, 4.69) is 5.32 Å². The SMILES string of the molecule is CCCNC(=O)[C@@H](Cc1ccccc1)N(Cc1cccc(Cl)c1)C(=O)CN(c1cc(Cl)cc(Cl)c1)S(=O)(=O)c1ccc(C)cc1. The summed E-state index contributed by atoms with van der Waals surface area (Å²) in [6.45, 7) is 3.58. The number of amides is 2. The summed E-state index contributed by atoms with van der Waals surface area (Å²) in [5, 5.41) is 3.79. The maximum atomic E-state index is 14.5. The number of benzene rings is 4. The first-order valence-corrected chi connectivity index (χ1v) is 17.0. The summed E-state index contributed by atoms with van der Waals surface area (Å²) in [6, 6.07) is 26.0. The molecule has 4 aromatic rings. The summed E-state index contributed by atoms with van der Waals surface area (Å²) in [4.78, 5) is 29.6. The highest BCUT2D eigenvalue weighted by Crippen LogP contribution is 2.30. The minimum atomic E-state index is -4.28. The highest BCUT2D eigenvalue weighted by Gasteiger charge is 2.34. The Morgan fingerprint density at radius 2 is 1.44 bits per heavy atom. The molecule has 1 N–H and O–H groups in total. The van der Waals surface area contributed by atoms with Crippen LogP contribution in [0.5, 0.6) is 0 Å². The van der Waals surface area contributed by atoms with Gasteiger partial charge in [0.05, 0.1) is 10.6 Å². The van der Waals surface area contributed by atoms with Crippen molar-refractivity contribution in [2.45, 2.75) is 44.2 Å². The molecule has 0 heterocycles. The maximum absolute atomic E-state index is 14.5. The topological polar surface area (TPSA) is 86.8 Å². The Labute approximate surface area is 279 Å². The maximum Gasteiger partial charge on any atom is 0.264 e. The van der Waals surface area contributed by atoms with Gasteiger partial charge in [-0.25, -0.2) is 8.42 Å². The molecular weight excluding hydrogens is 653 g/mol. The number of rotatable bonds is 13. The first kappa shape index (κ1) is 34.3. The predicted molar refractivity (Wildman–Crippen MR) is 181 cm³/mol. The molecule has 11 heteroatoms. The molecule has 0 aliphatic carbocycles. The van der Waals surface area contributed by atoms with E-state index in [1.165, 1.54) is 35.2 Å². The lowest BCUT2D eigenvalue weighted by Crippen LogP contribution is -2.53. The van der Waals surface area contributed by atoms with Gasteiger partial charge in [0.15, 0.2) is 0 Å². The van der Waals surface area contributed by atoms with Crippen LogP contribution >= 0.6 is 34.8 Å². The van der Waals surface area contributed by atoms with Crippen molar-refractivity contribution < 1.29 is 18.0 Å². The van der Waals surface area contributed by atoms with Gasteiger partial charge in [-0.3, -0.25) is 13.9 Å². The number of aryl methyl sites for hydroxylation is 1. The van der Waals surface area contributed by atoms with Gasteiger partial charge in [-0.05, 0) is 66.9 Å². The summed E-state index contributed by atoms with van der Waals surface area (Å²) >= 11 is 18.9. The van der Waals surface area contributed by atoms with Crippen LogP contribution in [0.3, 0.4) is 0 Å². The van der Waals surface area contributed by atoms with Gasteiger partial charge in [-0.15, -0.1) is 0 Å². The number of halogens is 3.